The van der Waals surface area contributed by atoms with Crippen LogP contribution in [-0.4, -0.2) is 41.5 Å². The van der Waals surface area contributed by atoms with Gasteiger partial charge in [-0.1, -0.05) is 11.6 Å². The fraction of sp³-hybridized carbons (Fsp3) is 0.600. The standard InChI is InChI=1S/C15H20ClF3N4O.2ClH/c1-9-4-10(6-20)8-23(9)13(24)2-3-21-14-12(16)5-11(7-22-14)15(17,18)19;;/h5,7,9-10H,2-4,6,8,20H2,1H3,(H,21,22);2*1H. The fourth-order valence-electron chi connectivity index (χ4n) is 2.82. The lowest BCUT2D eigenvalue weighted by Gasteiger charge is -2.21. The molecule has 0 bridgehead atoms. The van der Waals surface area contributed by atoms with Crippen LogP contribution in [0, 0.1) is 5.92 Å². The van der Waals surface area contributed by atoms with Gasteiger partial charge in [0.15, 0.2) is 0 Å². The minimum atomic E-state index is -4.49. The topological polar surface area (TPSA) is 71.2 Å². The number of nitrogens with one attached hydrogen (secondary N) is 1. The van der Waals surface area contributed by atoms with E-state index in [1.54, 1.807) is 4.90 Å². The predicted octanol–water partition coefficient (Wildman–Crippen LogP) is 3.60. The molecule has 5 nitrogen and oxygen atoms in total. The van der Waals surface area contributed by atoms with E-state index in [4.69, 9.17) is 17.3 Å². The number of carbonyl (C=O) groups is 1. The lowest BCUT2D eigenvalue weighted by molar-refractivity contribution is -0.137. The molecule has 1 aliphatic heterocycles. The molecule has 150 valence electrons. The molecular weight excluding hydrogens is 416 g/mol. The zero-order chi connectivity index (χ0) is 17.9. The number of alkyl halides is 3. The Morgan fingerprint density at radius 2 is 2.12 bits per heavy atom. The summed E-state index contributed by atoms with van der Waals surface area (Å²) >= 11 is 5.80. The van der Waals surface area contributed by atoms with Crippen molar-refractivity contribution in [2.75, 3.05) is 25.0 Å². The first-order chi connectivity index (χ1) is 11.2. The smallest absolute Gasteiger partial charge is 0.368 e. The molecule has 0 radical (unpaired) electrons. The lowest BCUT2D eigenvalue weighted by atomic mass is 10.1. The Hall–Kier alpha value is -0.960. The third kappa shape index (κ3) is 6.33. The van der Waals surface area contributed by atoms with Gasteiger partial charge in [-0.15, -0.1) is 24.8 Å². The molecule has 0 spiro atoms. The van der Waals surface area contributed by atoms with Gasteiger partial charge in [0.1, 0.15) is 5.82 Å². The Bertz CT molecular complexity index is 604. The van der Waals surface area contributed by atoms with Gasteiger partial charge in [0.2, 0.25) is 5.91 Å². The van der Waals surface area contributed by atoms with Gasteiger partial charge in [-0.25, -0.2) is 4.98 Å². The zero-order valence-corrected chi connectivity index (χ0v) is 16.4. The van der Waals surface area contributed by atoms with E-state index in [0.717, 1.165) is 12.5 Å². The van der Waals surface area contributed by atoms with Crippen molar-refractivity contribution in [1.29, 1.82) is 0 Å². The second-order valence-corrected chi connectivity index (χ2v) is 6.37. The van der Waals surface area contributed by atoms with Gasteiger partial charge < -0.3 is 16.0 Å². The highest BCUT2D eigenvalue weighted by Gasteiger charge is 2.32. The summed E-state index contributed by atoms with van der Waals surface area (Å²) in [7, 11) is 0. The van der Waals surface area contributed by atoms with Crippen LogP contribution >= 0.6 is 36.4 Å². The number of hydrogen-bond acceptors (Lipinski definition) is 4. The number of nitrogens with two attached hydrogens (primary N) is 1. The minimum Gasteiger partial charge on any atom is -0.368 e. The van der Waals surface area contributed by atoms with Crippen LogP contribution in [0.15, 0.2) is 12.3 Å². The van der Waals surface area contributed by atoms with E-state index in [-0.39, 0.29) is 60.6 Å². The van der Waals surface area contributed by atoms with Crippen molar-refractivity contribution >= 4 is 48.1 Å². The monoisotopic (exact) mass is 436 g/mol. The second-order valence-electron chi connectivity index (χ2n) is 5.96. The molecular formula is C15H22Cl3F3N4O. The molecule has 1 aromatic heterocycles. The summed E-state index contributed by atoms with van der Waals surface area (Å²) in [6.45, 7) is 3.43. The molecule has 1 aromatic rings. The van der Waals surface area contributed by atoms with Crippen LogP contribution in [0.3, 0.4) is 0 Å². The SMILES string of the molecule is CC1CC(CN)CN1C(=O)CCNc1ncc(C(F)(F)F)cc1Cl.Cl.Cl. The van der Waals surface area contributed by atoms with E-state index < -0.39 is 11.7 Å². The van der Waals surface area contributed by atoms with Crippen LogP contribution in [0.25, 0.3) is 0 Å². The van der Waals surface area contributed by atoms with Crippen molar-refractivity contribution in [2.45, 2.75) is 32.0 Å². The van der Waals surface area contributed by atoms with Crippen LogP contribution in [0.1, 0.15) is 25.3 Å². The van der Waals surface area contributed by atoms with E-state index in [1.807, 2.05) is 6.92 Å². The Kier molecular flexibility index (Phi) is 10.0. The Morgan fingerprint density at radius 3 is 2.62 bits per heavy atom. The molecule has 1 amide bonds. The number of aromatic nitrogens is 1. The highest BCUT2D eigenvalue weighted by atomic mass is 35.5. The van der Waals surface area contributed by atoms with Gasteiger partial charge in [-0.3, -0.25) is 4.79 Å². The molecule has 1 saturated heterocycles. The lowest BCUT2D eigenvalue weighted by Crippen LogP contribution is -2.35. The zero-order valence-electron chi connectivity index (χ0n) is 14.1. The summed E-state index contributed by atoms with van der Waals surface area (Å²) in [5, 5.41) is 2.67. The maximum atomic E-state index is 12.5. The van der Waals surface area contributed by atoms with Crippen LogP contribution in [0.4, 0.5) is 19.0 Å². The van der Waals surface area contributed by atoms with Crippen LogP contribution < -0.4 is 11.1 Å². The maximum Gasteiger partial charge on any atom is 0.417 e. The number of pyridine rings is 1. The number of rotatable bonds is 5. The molecule has 2 heterocycles. The predicted molar refractivity (Wildman–Crippen MR) is 100 cm³/mol. The number of likely N-dealkylation sites (tertiary alicyclic amines) is 1. The van der Waals surface area contributed by atoms with Crippen molar-refractivity contribution in [1.82, 2.24) is 9.88 Å². The molecule has 0 saturated carbocycles. The van der Waals surface area contributed by atoms with Crippen LogP contribution in [-0.2, 0) is 11.0 Å². The Balaban J connectivity index is 0.00000312. The number of anilines is 1. The van der Waals surface area contributed by atoms with Gasteiger partial charge in [0.05, 0.1) is 10.6 Å². The van der Waals surface area contributed by atoms with Crippen molar-refractivity contribution < 1.29 is 18.0 Å². The largest absolute Gasteiger partial charge is 0.417 e. The molecule has 2 atom stereocenters. The normalized spacial score (nSPS) is 19.5. The van der Waals surface area contributed by atoms with E-state index in [9.17, 15) is 18.0 Å². The first-order valence-electron chi connectivity index (χ1n) is 7.68. The molecule has 2 rings (SSSR count). The molecule has 26 heavy (non-hydrogen) atoms. The third-order valence-electron chi connectivity index (χ3n) is 4.11. The molecule has 2 unspecified atom stereocenters. The molecule has 0 aromatic carbocycles. The molecule has 3 N–H and O–H groups in total. The van der Waals surface area contributed by atoms with Gasteiger partial charge in [0.25, 0.3) is 0 Å². The second kappa shape index (κ2) is 10.4. The first kappa shape index (κ1) is 25.0. The van der Waals surface area contributed by atoms with Crippen molar-refractivity contribution in [3.63, 3.8) is 0 Å². The number of halogens is 6. The molecule has 1 fully saturated rings. The highest BCUT2D eigenvalue weighted by molar-refractivity contribution is 6.32. The quantitative estimate of drug-likeness (QED) is 0.738. The van der Waals surface area contributed by atoms with Crippen molar-refractivity contribution in [3.8, 4) is 0 Å². The van der Waals surface area contributed by atoms with Crippen LogP contribution in [0.2, 0.25) is 5.02 Å². The number of amides is 1. The maximum absolute atomic E-state index is 12.5. The summed E-state index contributed by atoms with van der Waals surface area (Å²) in [5.41, 5.74) is 4.73. The van der Waals surface area contributed by atoms with Gasteiger partial charge in [-0.05, 0) is 31.9 Å². The summed E-state index contributed by atoms with van der Waals surface area (Å²) in [4.78, 5) is 17.7. The van der Waals surface area contributed by atoms with E-state index in [0.29, 0.717) is 25.2 Å². The number of nitrogens with zero attached hydrogens (tertiary/aromatic N) is 2. The number of hydrogen-bond donors (Lipinski definition) is 2. The summed E-state index contributed by atoms with van der Waals surface area (Å²) in [6, 6.07) is 0.964. The van der Waals surface area contributed by atoms with E-state index in [1.165, 1.54) is 0 Å². The third-order valence-corrected chi connectivity index (χ3v) is 4.40. The van der Waals surface area contributed by atoms with Gasteiger partial charge >= 0.3 is 6.18 Å². The Labute approximate surface area is 167 Å². The average Bonchev–Trinajstić information content (AvgIpc) is 2.89. The molecule has 0 aliphatic carbocycles. The summed E-state index contributed by atoms with van der Waals surface area (Å²) in [5.74, 6) is 0.434. The summed E-state index contributed by atoms with van der Waals surface area (Å²) in [6.07, 6.45) is -2.68. The van der Waals surface area contributed by atoms with Crippen LogP contribution in [0.5, 0.6) is 0 Å². The average molecular weight is 438 g/mol. The highest BCUT2D eigenvalue weighted by Crippen LogP contribution is 2.32. The molecule has 1 aliphatic rings. The summed E-state index contributed by atoms with van der Waals surface area (Å²) < 4.78 is 37.6. The number of carbonyl (C=O) groups excluding carboxylic acids is 1. The fourth-order valence-corrected chi connectivity index (χ4v) is 3.05. The Morgan fingerprint density at radius 1 is 1.46 bits per heavy atom. The van der Waals surface area contributed by atoms with Gasteiger partial charge in [-0.2, -0.15) is 13.2 Å². The van der Waals surface area contributed by atoms with Gasteiger partial charge in [0, 0.05) is 31.7 Å². The van der Waals surface area contributed by atoms with E-state index >= 15 is 0 Å². The van der Waals surface area contributed by atoms with E-state index in [2.05, 4.69) is 10.3 Å². The van der Waals surface area contributed by atoms with Crippen molar-refractivity contribution in [3.05, 3.63) is 22.8 Å². The van der Waals surface area contributed by atoms with Crippen molar-refractivity contribution in [2.24, 2.45) is 11.7 Å². The minimum absolute atomic E-state index is 0. The first-order valence-corrected chi connectivity index (χ1v) is 8.06. The molecule has 11 heteroatoms.